The molecule has 0 bridgehead atoms. The summed E-state index contributed by atoms with van der Waals surface area (Å²) in [7, 11) is 0. The van der Waals surface area contributed by atoms with Crippen LogP contribution in [-0.2, 0) is 12.8 Å². The van der Waals surface area contributed by atoms with Gasteiger partial charge in [0.25, 0.3) is 5.78 Å². The second-order valence-corrected chi connectivity index (χ2v) is 10.3. The van der Waals surface area contributed by atoms with Gasteiger partial charge in [-0.2, -0.15) is 4.98 Å². The van der Waals surface area contributed by atoms with Crippen molar-refractivity contribution in [2.24, 2.45) is 0 Å². The van der Waals surface area contributed by atoms with Crippen LogP contribution >= 0.6 is 11.8 Å². The highest BCUT2D eigenvalue weighted by atomic mass is 32.2. The topological polar surface area (TPSA) is 66.1 Å². The molecule has 0 atom stereocenters. The van der Waals surface area contributed by atoms with Crippen LogP contribution in [-0.4, -0.2) is 56.5 Å². The third kappa shape index (κ3) is 8.13. The highest BCUT2D eigenvalue weighted by molar-refractivity contribution is 7.98. The predicted molar refractivity (Wildman–Crippen MR) is 138 cm³/mol. The number of quaternary nitrogens is 1. The Morgan fingerprint density at radius 1 is 0.818 bits per heavy atom. The van der Waals surface area contributed by atoms with Crippen LogP contribution in [0.5, 0.6) is 5.88 Å². The number of thioether (sulfide) groups is 1. The zero-order chi connectivity index (χ0) is 24.1. The molecule has 2 heterocycles. The maximum absolute atomic E-state index is 12.1. The lowest BCUT2D eigenvalue weighted by molar-refractivity contribution is -0.929. The van der Waals surface area contributed by atoms with Crippen LogP contribution in [0.25, 0.3) is 5.78 Å². The molecular formula is C26H47N5OS. The first-order valence-corrected chi connectivity index (χ1v) is 14.6. The quantitative estimate of drug-likeness (QED) is 0.269. The number of aryl methyl sites for hydroxylation is 1. The van der Waals surface area contributed by atoms with E-state index in [1.54, 1.807) is 0 Å². The predicted octanol–water partition coefficient (Wildman–Crippen LogP) is 5.80. The fourth-order valence-electron chi connectivity index (χ4n) is 4.72. The van der Waals surface area contributed by atoms with Crippen LogP contribution in [0.1, 0.15) is 103 Å². The van der Waals surface area contributed by atoms with Gasteiger partial charge in [-0.3, -0.25) is 0 Å². The van der Waals surface area contributed by atoms with Gasteiger partial charge in [-0.15, -0.1) is 5.10 Å². The molecular weight excluding hydrogens is 430 g/mol. The Balaban J connectivity index is 0.000000233. The van der Waals surface area contributed by atoms with E-state index in [1.165, 1.54) is 98.3 Å². The Hall–Kier alpha value is -1.34. The molecule has 0 fully saturated rings. The van der Waals surface area contributed by atoms with Gasteiger partial charge < -0.3 is 9.59 Å². The normalized spacial score (nSPS) is 13.6. The molecule has 2 aromatic rings. The van der Waals surface area contributed by atoms with Crippen molar-refractivity contribution in [3.8, 4) is 5.88 Å². The molecule has 0 aromatic carbocycles. The zero-order valence-corrected chi connectivity index (χ0v) is 22.7. The largest absolute Gasteiger partial charge is 0.858 e. The average Bonchev–Trinajstić information content (AvgIpc) is 3.27. The lowest BCUT2D eigenvalue weighted by atomic mass is 9.97. The van der Waals surface area contributed by atoms with Gasteiger partial charge in [0.05, 0.1) is 26.2 Å². The van der Waals surface area contributed by atoms with Crippen molar-refractivity contribution < 1.29 is 9.59 Å². The van der Waals surface area contributed by atoms with Crippen molar-refractivity contribution in [2.75, 3.05) is 32.4 Å². The summed E-state index contributed by atoms with van der Waals surface area (Å²) in [5.41, 5.74) is 1.75. The molecule has 6 nitrogen and oxygen atoms in total. The number of rotatable bonds is 13. The van der Waals surface area contributed by atoms with Crippen molar-refractivity contribution in [1.82, 2.24) is 19.6 Å². The number of aromatic nitrogens is 4. The minimum absolute atomic E-state index is 0.0347. The van der Waals surface area contributed by atoms with Crippen LogP contribution in [0.2, 0.25) is 0 Å². The molecule has 0 radical (unpaired) electrons. The number of hydrogen-bond donors (Lipinski definition) is 0. The van der Waals surface area contributed by atoms with Gasteiger partial charge in [0.1, 0.15) is 0 Å². The molecule has 7 heteroatoms. The van der Waals surface area contributed by atoms with Gasteiger partial charge in [0, 0.05) is 5.69 Å². The molecule has 188 valence electrons. The van der Waals surface area contributed by atoms with E-state index in [0.29, 0.717) is 10.9 Å². The van der Waals surface area contributed by atoms with Crippen LogP contribution < -0.4 is 5.11 Å². The molecule has 3 rings (SSSR count). The maximum Gasteiger partial charge on any atom is 0.252 e. The van der Waals surface area contributed by atoms with Crippen molar-refractivity contribution >= 4 is 17.5 Å². The summed E-state index contributed by atoms with van der Waals surface area (Å²) in [6, 6.07) is 0. The van der Waals surface area contributed by atoms with E-state index >= 15 is 0 Å². The van der Waals surface area contributed by atoms with Crippen LogP contribution in [0.15, 0.2) is 5.16 Å². The summed E-state index contributed by atoms with van der Waals surface area (Å²) < 4.78 is 2.75. The SMILES string of the molecule is CCCC[N+](CCCC)(CCCC)CCCC.CSc1nc2nc3c(c([O-])n2n1)CCCC3. The Kier molecular flexibility index (Phi) is 12.5. The first-order chi connectivity index (χ1) is 16.0. The van der Waals surface area contributed by atoms with E-state index < -0.39 is 0 Å². The minimum Gasteiger partial charge on any atom is -0.858 e. The fraction of sp³-hybridized carbons (Fsp3) is 0.808. The first-order valence-electron chi connectivity index (χ1n) is 13.4. The molecule has 33 heavy (non-hydrogen) atoms. The van der Waals surface area contributed by atoms with Crippen LogP contribution in [0.3, 0.4) is 0 Å². The summed E-state index contributed by atoms with van der Waals surface area (Å²) in [6.07, 6.45) is 16.8. The minimum atomic E-state index is -0.0347. The molecule has 0 unspecified atom stereocenters. The van der Waals surface area contributed by atoms with Crippen LogP contribution in [0, 0.1) is 0 Å². The van der Waals surface area contributed by atoms with Crippen molar-refractivity contribution in [2.45, 2.75) is 110 Å². The summed E-state index contributed by atoms with van der Waals surface area (Å²) >= 11 is 1.42. The van der Waals surface area contributed by atoms with Gasteiger partial charge in [-0.05, 0) is 69.1 Å². The Morgan fingerprint density at radius 2 is 1.33 bits per heavy atom. The monoisotopic (exact) mass is 477 g/mol. The van der Waals surface area contributed by atoms with Gasteiger partial charge >= 0.3 is 0 Å². The number of fused-ring (bicyclic) bond motifs is 2. The van der Waals surface area contributed by atoms with Gasteiger partial charge in [-0.25, -0.2) is 9.50 Å². The van der Waals surface area contributed by atoms with Gasteiger partial charge in [0.15, 0.2) is 0 Å². The van der Waals surface area contributed by atoms with Crippen LogP contribution in [0.4, 0.5) is 0 Å². The van der Waals surface area contributed by atoms with Crippen molar-refractivity contribution in [1.29, 1.82) is 0 Å². The first kappa shape index (κ1) is 27.9. The molecule has 0 spiro atoms. The summed E-state index contributed by atoms with van der Waals surface area (Å²) in [5, 5.41) is 16.8. The molecule has 1 aliphatic rings. The van der Waals surface area contributed by atoms with Gasteiger partial charge in [0.2, 0.25) is 5.16 Å². The molecule has 1 aliphatic carbocycles. The molecule has 0 saturated carbocycles. The molecule has 0 N–H and O–H groups in total. The van der Waals surface area contributed by atoms with Crippen molar-refractivity contribution in [3.05, 3.63) is 11.3 Å². The van der Waals surface area contributed by atoms with E-state index in [-0.39, 0.29) is 5.88 Å². The Labute approximate surface area is 206 Å². The Morgan fingerprint density at radius 3 is 1.82 bits per heavy atom. The third-order valence-corrected chi connectivity index (χ3v) is 7.36. The zero-order valence-electron chi connectivity index (χ0n) is 21.9. The van der Waals surface area contributed by atoms with E-state index in [4.69, 9.17) is 0 Å². The standard InChI is InChI=1S/C16H36N.C10H12N4OS/c1-5-9-13-17(14-10-6-2,15-11-7-3)16-12-8-4;1-16-10-12-9-11-7-5-3-2-4-6(7)8(15)14(9)13-10/h5-16H2,1-4H3;15H,2-5H2,1H3/q+1;/p-1. The van der Waals surface area contributed by atoms with Gasteiger partial charge in [-0.1, -0.05) is 65.1 Å². The second-order valence-electron chi connectivity index (χ2n) is 9.51. The highest BCUT2D eigenvalue weighted by Gasteiger charge is 2.24. The highest BCUT2D eigenvalue weighted by Crippen LogP contribution is 2.26. The fourth-order valence-corrected chi connectivity index (χ4v) is 5.05. The second kappa shape index (κ2) is 14.8. The smallest absolute Gasteiger partial charge is 0.252 e. The number of nitrogens with zero attached hydrogens (tertiary/aromatic N) is 5. The average molecular weight is 478 g/mol. The summed E-state index contributed by atoms with van der Waals surface area (Å²) in [6.45, 7) is 15.0. The van der Waals surface area contributed by atoms with Crippen molar-refractivity contribution in [3.63, 3.8) is 0 Å². The van der Waals surface area contributed by atoms with E-state index in [9.17, 15) is 5.11 Å². The molecule has 2 aromatic heterocycles. The maximum atomic E-state index is 12.1. The number of unbranched alkanes of at least 4 members (excludes halogenated alkanes) is 4. The lowest BCUT2D eigenvalue weighted by Gasteiger charge is -2.39. The van der Waals surface area contributed by atoms with E-state index in [0.717, 1.165) is 36.9 Å². The molecule has 0 saturated heterocycles. The molecule has 0 amide bonds. The number of hydrogen-bond acceptors (Lipinski definition) is 5. The van der Waals surface area contributed by atoms with E-state index in [1.807, 2.05) is 6.26 Å². The lowest BCUT2D eigenvalue weighted by Crippen LogP contribution is -2.50. The summed E-state index contributed by atoms with van der Waals surface area (Å²) in [5.74, 6) is 0.405. The molecule has 0 aliphatic heterocycles. The summed E-state index contributed by atoms with van der Waals surface area (Å²) in [4.78, 5) is 8.63. The Bertz CT molecular complexity index is 785. The third-order valence-electron chi connectivity index (χ3n) is 6.82. The van der Waals surface area contributed by atoms with E-state index in [2.05, 4.69) is 42.8 Å².